The summed E-state index contributed by atoms with van der Waals surface area (Å²) in [6.07, 6.45) is 0. The maximum Gasteiger partial charge on any atom is 0.316 e. The number of nitrogens with one attached hydrogen (secondary N) is 2. The van der Waals surface area contributed by atoms with Gasteiger partial charge in [0.05, 0.1) is 6.54 Å². The molecule has 14 heavy (non-hydrogen) atoms. The van der Waals surface area contributed by atoms with E-state index in [9.17, 15) is 9.59 Å². The molecule has 78 valence electrons. The molecule has 0 radical (unpaired) electrons. The molecule has 0 aliphatic carbocycles. The Morgan fingerprint density at radius 2 is 1.79 bits per heavy atom. The Balaban J connectivity index is 2.47. The van der Waals surface area contributed by atoms with Gasteiger partial charge in [-0.15, -0.1) is 0 Å². The maximum absolute atomic E-state index is 10.7. The van der Waals surface area contributed by atoms with Crippen LogP contribution in [-0.2, 0) is 9.59 Å². The first-order chi connectivity index (χ1) is 6.50. The van der Waals surface area contributed by atoms with Gasteiger partial charge in [-0.05, 0) is 21.0 Å². The smallest absolute Gasteiger partial charge is 0.305 e. The average molecular weight is 198 g/mol. The molecule has 1 aliphatic rings. The fourth-order valence-electron chi connectivity index (χ4n) is 0.826. The molecule has 2 N–H and O–H groups in total. The van der Waals surface area contributed by atoms with Crippen LogP contribution < -0.4 is 10.6 Å². The summed E-state index contributed by atoms with van der Waals surface area (Å²) in [6.45, 7) is 2.53. The second-order valence-electron chi connectivity index (χ2n) is 3.41. The highest BCUT2D eigenvalue weighted by Gasteiger charge is 2.24. The van der Waals surface area contributed by atoms with E-state index >= 15 is 0 Å². The summed E-state index contributed by atoms with van der Waals surface area (Å²) in [4.78, 5) is 27.6. The lowest BCUT2D eigenvalue weighted by Gasteiger charge is -2.17. The van der Waals surface area contributed by atoms with Gasteiger partial charge in [0.25, 0.3) is 0 Å². The number of guanidine groups is 1. The van der Waals surface area contributed by atoms with Crippen LogP contribution >= 0.6 is 0 Å². The van der Waals surface area contributed by atoms with Crippen molar-refractivity contribution < 1.29 is 9.59 Å². The fourth-order valence-corrected chi connectivity index (χ4v) is 0.826. The summed E-state index contributed by atoms with van der Waals surface area (Å²) >= 11 is 0. The van der Waals surface area contributed by atoms with Crippen LogP contribution in [0.5, 0.6) is 0 Å². The third kappa shape index (κ3) is 2.53. The summed E-state index contributed by atoms with van der Waals surface area (Å²) in [7, 11) is 3.88. The zero-order valence-corrected chi connectivity index (χ0v) is 8.50. The van der Waals surface area contributed by atoms with E-state index in [0.29, 0.717) is 6.54 Å². The van der Waals surface area contributed by atoms with Gasteiger partial charge in [-0.25, -0.2) is 0 Å². The van der Waals surface area contributed by atoms with Crippen molar-refractivity contribution in [2.24, 2.45) is 4.99 Å². The molecule has 1 rings (SSSR count). The standard InChI is InChI=1S/C8H14N4O2/c1-5(12(2)3)4-9-8-10-6(13)7(14)11-8/h5H,4H2,1-3H3,(H2,9,10,11,13,14). The van der Waals surface area contributed by atoms with Gasteiger partial charge in [0.1, 0.15) is 0 Å². The van der Waals surface area contributed by atoms with E-state index < -0.39 is 11.8 Å². The number of hydrogen-bond donors (Lipinski definition) is 2. The molecule has 6 nitrogen and oxygen atoms in total. The zero-order chi connectivity index (χ0) is 10.7. The Morgan fingerprint density at radius 3 is 2.21 bits per heavy atom. The summed E-state index contributed by atoms with van der Waals surface area (Å²) in [5, 5.41) is 4.66. The Bertz CT molecular complexity index is 267. The zero-order valence-electron chi connectivity index (χ0n) is 8.50. The van der Waals surface area contributed by atoms with Crippen LogP contribution in [0.2, 0.25) is 0 Å². The van der Waals surface area contributed by atoms with Crippen molar-refractivity contribution in [1.29, 1.82) is 0 Å². The number of rotatable bonds is 3. The number of aliphatic imine (C=N–C) groups is 1. The molecule has 1 aliphatic heterocycles. The second-order valence-corrected chi connectivity index (χ2v) is 3.41. The second kappa shape index (κ2) is 4.19. The Labute approximate surface area is 82.4 Å². The van der Waals surface area contributed by atoms with E-state index in [0.717, 1.165) is 0 Å². The number of likely N-dealkylation sites (N-methyl/N-ethyl adjacent to an activating group) is 1. The third-order valence-corrected chi connectivity index (χ3v) is 2.07. The molecule has 1 heterocycles. The predicted molar refractivity (Wildman–Crippen MR) is 51.7 cm³/mol. The van der Waals surface area contributed by atoms with Crippen LogP contribution in [0.1, 0.15) is 6.92 Å². The van der Waals surface area contributed by atoms with E-state index in [2.05, 4.69) is 15.6 Å². The summed E-state index contributed by atoms with van der Waals surface area (Å²) < 4.78 is 0. The fraction of sp³-hybridized carbons (Fsp3) is 0.625. The van der Waals surface area contributed by atoms with E-state index in [1.807, 2.05) is 25.9 Å². The van der Waals surface area contributed by atoms with Crippen LogP contribution in [0.15, 0.2) is 4.99 Å². The van der Waals surface area contributed by atoms with Crippen LogP contribution in [-0.4, -0.2) is 49.4 Å². The minimum absolute atomic E-state index is 0.244. The topological polar surface area (TPSA) is 73.8 Å². The monoisotopic (exact) mass is 198 g/mol. The third-order valence-electron chi connectivity index (χ3n) is 2.07. The first-order valence-electron chi connectivity index (χ1n) is 4.34. The van der Waals surface area contributed by atoms with Gasteiger partial charge in [-0.1, -0.05) is 0 Å². The van der Waals surface area contributed by atoms with Gasteiger partial charge < -0.3 is 4.90 Å². The molecule has 0 aromatic carbocycles. The SMILES string of the molecule is CC(CN=C1NC(=O)C(=O)N1)N(C)C. The number of nitrogens with zero attached hydrogens (tertiary/aromatic N) is 2. The molecule has 1 fully saturated rings. The first kappa shape index (κ1) is 10.6. The quantitative estimate of drug-likeness (QED) is 0.544. The minimum Gasteiger partial charge on any atom is -0.305 e. The molecule has 1 saturated heterocycles. The van der Waals surface area contributed by atoms with Gasteiger partial charge in [-0.2, -0.15) is 0 Å². The first-order valence-corrected chi connectivity index (χ1v) is 4.34. The predicted octanol–water partition coefficient (Wildman–Crippen LogP) is -1.46. The lowest BCUT2D eigenvalue weighted by Crippen LogP contribution is -2.31. The molecule has 1 unspecified atom stereocenters. The summed E-state index contributed by atoms with van der Waals surface area (Å²) in [5.41, 5.74) is 0. The Kier molecular flexibility index (Phi) is 3.19. The average Bonchev–Trinajstić information content (AvgIpc) is 2.42. The largest absolute Gasteiger partial charge is 0.316 e. The van der Waals surface area contributed by atoms with Crippen LogP contribution in [0.25, 0.3) is 0 Å². The summed E-state index contributed by atoms with van der Waals surface area (Å²) in [5.74, 6) is -1.06. The highest BCUT2D eigenvalue weighted by molar-refractivity contribution is 6.45. The van der Waals surface area contributed by atoms with Crippen molar-refractivity contribution in [2.75, 3.05) is 20.6 Å². The van der Waals surface area contributed by atoms with E-state index in [1.54, 1.807) is 0 Å². The van der Waals surface area contributed by atoms with Crippen molar-refractivity contribution >= 4 is 17.8 Å². The van der Waals surface area contributed by atoms with E-state index in [-0.39, 0.29) is 12.0 Å². The van der Waals surface area contributed by atoms with Crippen molar-refractivity contribution in [1.82, 2.24) is 15.5 Å². The van der Waals surface area contributed by atoms with Crippen LogP contribution in [0.3, 0.4) is 0 Å². The molecule has 0 aromatic heterocycles. The number of carbonyl (C=O) groups excluding carboxylic acids is 2. The van der Waals surface area contributed by atoms with Crippen molar-refractivity contribution in [3.05, 3.63) is 0 Å². The van der Waals surface area contributed by atoms with Gasteiger partial charge >= 0.3 is 11.8 Å². The van der Waals surface area contributed by atoms with Crippen molar-refractivity contribution in [2.45, 2.75) is 13.0 Å². The molecule has 0 spiro atoms. The van der Waals surface area contributed by atoms with Gasteiger partial charge in [-0.3, -0.25) is 25.2 Å². The van der Waals surface area contributed by atoms with Gasteiger partial charge in [0, 0.05) is 6.04 Å². The van der Waals surface area contributed by atoms with Crippen molar-refractivity contribution in [3.63, 3.8) is 0 Å². The maximum atomic E-state index is 10.7. The molecule has 0 bridgehead atoms. The normalized spacial score (nSPS) is 18.1. The van der Waals surface area contributed by atoms with Crippen LogP contribution in [0.4, 0.5) is 0 Å². The molecule has 0 aromatic rings. The number of carbonyl (C=O) groups is 2. The minimum atomic E-state index is -0.652. The lowest BCUT2D eigenvalue weighted by molar-refractivity contribution is -0.135. The van der Waals surface area contributed by atoms with Crippen molar-refractivity contribution in [3.8, 4) is 0 Å². The number of hydrogen-bond acceptors (Lipinski definition) is 4. The Hall–Kier alpha value is -1.43. The number of amides is 2. The summed E-state index contributed by atoms with van der Waals surface area (Å²) in [6, 6.07) is 0.261. The lowest BCUT2D eigenvalue weighted by atomic mass is 10.3. The van der Waals surface area contributed by atoms with Crippen LogP contribution in [0, 0.1) is 0 Å². The molecule has 2 amide bonds. The molecular weight excluding hydrogens is 184 g/mol. The molecule has 6 heteroatoms. The van der Waals surface area contributed by atoms with E-state index in [1.165, 1.54) is 0 Å². The van der Waals surface area contributed by atoms with E-state index in [4.69, 9.17) is 0 Å². The highest BCUT2D eigenvalue weighted by atomic mass is 16.2. The molecule has 0 saturated carbocycles. The molecular formula is C8H14N4O2. The van der Waals surface area contributed by atoms with Gasteiger partial charge in [0.15, 0.2) is 0 Å². The highest BCUT2D eigenvalue weighted by Crippen LogP contribution is 1.92. The molecule has 1 atom stereocenters. The van der Waals surface area contributed by atoms with Gasteiger partial charge in [0.2, 0.25) is 5.96 Å². The Morgan fingerprint density at radius 1 is 1.29 bits per heavy atom.